The van der Waals surface area contributed by atoms with Crippen LogP contribution >= 0.6 is 11.3 Å². The maximum atomic E-state index is 12.7. The molecule has 2 aromatic rings. The van der Waals surface area contributed by atoms with Crippen LogP contribution in [0.15, 0.2) is 23.6 Å². The van der Waals surface area contributed by atoms with Gasteiger partial charge in [0.2, 0.25) is 5.91 Å². The van der Waals surface area contributed by atoms with Gasteiger partial charge in [-0.1, -0.05) is 6.07 Å². The number of anilines is 2. The third-order valence-corrected chi connectivity index (χ3v) is 5.80. The van der Waals surface area contributed by atoms with Crippen LogP contribution in [0.4, 0.5) is 10.8 Å². The monoisotopic (exact) mass is 402 g/mol. The molecule has 28 heavy (non-hydrogen) atoms. The van der Waals surface area contributed by atoms with E-state index in [2.05, 4.69) is 41.6 Å². The number of aryl methyl sites for hydroxylation is 2. The van der Waals surface area contributed by atoms with Crippen molar-refractivity contribution >= 4 is 34.0 Å². The van der Waals surface area contributed by atoms with Gasteiger partial charge >= 0.3 is 0 Å². The second-order valence-corrected chi connectivity index (χ2v) is 7.90. The molecule has 7 nitrogen and oxygen atoms in total. The van der Waals surface area contributed by atoms with Gasteiger partial charge in [0, 0.05) is 36.6 Å². The molecule has 1 saturated heterocycles. The van der Waals surface area contributed by atoms with Gasteiger partial charge in [-0.3, -0.25) is 9.59 Å². The molecule has 0 atom stereocenters. The van der Waals surface area contributed by atoms with E-state index in [0.29, 0.717) is 36.8 Å². The molecule has 0 radical (unpaired) electrons. The molecule has 1 aliphatic rings. The van der Waals surface area contributed by atoms with Crippen LogP contribution in [-0.2, 0) is 4.79 Å². The van der Waals surface area contributed by atoms with Crippen molar-refractivity contribution < 1.29 is 14.7 Å². The van der Waals surface area contributed by atoms with E-state index in [-0.39, 0.29) is 30.9 Å². The topological polar surface area (TPSA) is 94.6 Å². The average molecular weight is 403 g/mol. The van der Waals surface area contributed by atoms with Crippen LogP contribution in [0, 0.1) is 19.8 Å². The fourth-order valence-electron chi connectivity index (χ4n) is 3.20. The van der Waals surface area contributed by atoms with Crippen molar-refractivity contribution in [3.05, 3.63) is 40.4 Å². The van der Waals surface area contributed by atoms with E-state index in [1.165, 1.54) is 22.5 Å². The molecule has 3 rings (SSSR count). The fraction of sp³-hybridized carbons (Fsp3) is 0.450. The minimum absolute atomic E-state index is 0.0466. The zero-order valence-electron chi connectivity index (χ0n) is 16.2. The maximum absolute atomic E-state index is 12.7. The molecular formula is C20H26N4O3S. The largest absolute Gasteiger partial charge is 0.395 e. The van der Waals surface area contributed by atoms with Crippen molar-refractivity contribution in [2.45, 2.75) is 26.7 Å². The molecule has 8 heteroatoms. The molecule has 1 fully saturated rings. The minimum Gasteiger partial charge on any atom is -0.395 e. The van der Waals surface area contributed by atoms with Crippen LogP contribution in [0.25, 0.3) is 0 Å². The quantitative estimate of drug-likeness (QED) is 0.690. The van der Waals surface area contributed by atoms with Crippen LogP contribution in [0.2, 0.25) is 0 Å². The van der Waals surface area contributed by atoms with Gasteiger partial charge in [-0.25, -0.2) is 4.98 Å². The van der Waals surface area contributed by atoms with Crippen molar-refractivity contribution in [2.24, 2.45) is 5.92 Å². The van der Waals surface area contributed by atoms with Gasteiger partial charge in [0.25, 0.3) is 5.91 Å². The molecule has 3 N–H and O–H groups in total. The first-order valence-electron chi connectivity index (χ1n) is 9.45. The van der Waals surface area contributed by atoms with Crippen molar-refractivity contribution in [3.63, 3.8) is 0 Å². The predicted octanol–water partition coefficient (Wildman–Crippen LogP) is 2.46. The molecule has 0 saturated carbocycles. The molecule has 0 unspecified atom stereocenters. The molecule has 0 aliphatic carbocycles. The van der Waals surface area contributed by atoms with Crippen LogP contribution in [0.3, 0.4) is 0 Å². The molecular weight excluding hydrogens is 376 g/mol. The molecule has 1 aromatic carbocycles. The molecule has 1 aliphatic heterocycles. The number of hydrogen-bond acceptors (Lipinski definition) is 6. The summed E-state index contributed by atoms with van der Waals surface area (Å²) in [7, 11) is 0. The summed E-state index contributed by atoms with van der Waals surface area (Å²) in [6, 6.07) is 6.11. The average Bonchev–Trinajstić information content (AvgIpc) is 3.17. The van der Waals surface area contributed by atoms with E-state index in [1.54, 1.807) is 10.3 Å². The summed E-state index contributed by atoms with van der Waals surface area (Å²) in [5, 5.41) is 17.2. The highest BCUT2D eigenvalue weighted by Gasteiger charge is 2.28. The molecule has 2 amide bonds. The van der Waals surface area contributed by atoms with Gasteiger partial charge in [0.1, 0.15) is 5.69 Å². The lowest BCUT2D eigenvalue weighted by Gasteiger charge is -2.30. The molecule has 0 spiro atoms. The molecule has 1 aromatic heterocycles. The number of piperidine rings is 1. The van der Waals surface area contributed by atoms with Crippen LogP contribution in [0.1, 0.15) is 34.5 Å². The predicted molar refractivity (Wildman–Crippen MR) is 110 cm³/mol. The number of hydrogen-bond donors (Lipinski definition) is 3. The highest BCUT2D eigenvalue weighted by molar-refractivity contribution is 7.14. The Morgan fingerprint density at radius 3 is 2.68 bits per heavy atom. The molecule has 2 heterocycles. The first-order valence-corrected chi connectivity index (χ1v) is 10.3. The number of likely N-dealkylation sites (tertiary alicyclic amines) is 1. The summed E-state index contributed by atoms with van der Waals surface area (Å²) in [6.45, 7) is 5.41. The van der Waals surface area contributed by atoms with Gasteiger partial charge in [0.05, 0.1) is 6.61 Å². The Hall–Kier alpha value is -2.45. The lowest BCUT2D eigenvalue weighted by Crippen LogP contribution is -2.43. The zero-order valence-corrected chi connectivity index (χ0v) is 17.0. The number of nitrogens with one attached hydrogen (secondary N) is 2. The van der Waals surface area contributed by atoms with Crippen molar-refractivity contribution in [1.29, 1.82) is 0 Å². The number of amides is 2. The normalized spacial score (nSPS) is 14.8. The number of rotatable bonds is 6. The van der Waals surface area contributed by atoms with Gasteiger partial charge in [-0.15, -0.1) is 11.3 Å². The summed E-state index contributed by atoms with van der Waals surface area (Å²) >= 11 is 1.40. The SMILES string of the molecule is Cc1ccc(Nc2nc(C(=O)N3CCC(C(=O)NCCO)CC3)cs2)cc1C. The van der Waals surface area contributed by atoms with Crippen molar-refractivity contribution in [3.8, 4) is 0 Å². The van der Waals surface area contributed by atoms with E-state index >= 15 is 0 Å². The smallest absolute Gasteiger partial charge is 0.273 e. The summed E-state index contributed by atoms with van der Waals surface area (Å²) < 4.78 is 0. The Morgan fingerprint density at radius 1 is 1.25 bits per heavy atom. The van der Waals surface area contributed by atoms with Gasteiger partial charge < -0.3 is 20.6 Å². The first-order chi connectivity index (χ1) is 13.5. The lowest BCUT2D eigenvalue weighted by molar-refractivity contribution is -0.126. The highest BCUT2D eigenvalue weighted by Crippen LogP contribution is 2.25. The van der Waals surface area contributed by atoms with Crippen molar-refractivity contribution in [1.82, 2.24) is 15.2 Å². The third-order valence-electron chi connectivity index (χ3n) is 5.05. The van der Waals surface area contributed by atoms with Crippen LogP contribution < -0.4 is 10.6 Å². The first kappa shape index (κ1) is 20.3. The highest BCUT2D eigenvalue weighted by atomic mass is 32.1. The molecule has 0 bridgehead atoms. The van der Waals surface area contributed by atoms with Gasteiger partial charge in [-0.05, 0) is 49.9 Å². The van der Waals surface area contributed by atoms with E-state index in [9.17, 15) is 9.59 Å². The lowest BCUT2D eigenvalue weighted by atomic mass is 9.96. The Labute approximate surface area is 168 Å². The second kappa shape index (κ2) is 9.16. The van der Waals surface area contributed by atoms with Gasteiger partial charge in [-0.2, -0.15) is 0 Å². The summed E-state index contributed by atoms with van der Waals surface area (Å²) in [4.78, 5) is 30.9. The minimum atomic E-state index is -0.104. The number of carbonyl (C=O) groups excluding carboxylic acids is 2. The number of aromatic nitrogens is 1. The Bertz CT molecular complexity index is 844. The summed E-state index contributed by atoms with van der Waals surface area (Å²) in [5.41, 5.74) is 3.81. The second-order valence-electron chi connectivity index (χ2n) is 7.04. The van der Waals surface area contributed by atoms with E-state index in [1.807, 2.05) is 6.07 Å². The number of aliphatic hydroxyl groups excluding tert-OH is 1. The Kier molecular flexibility index (Phi) is 6.64. The number of benzene rings is 1. The summed E-state index contributed by atoms with van der Waals surface area (Å²) in [6.07, 6.45) is 1.25. The van der Waals surface area contributed by atoms with E-state index in [0.717, 1.165) is 5.69 Å². The number of aliphatic hydroxyl groups is 1. The zero-order chi connectivity index (χ0) is 20.1. The molecule has 150 valence electrons. The van der Waals surface area contributed by atoms with E-state index < -0.39 is 0 Å². The standard InChI is InChI=1S/C20H26N4O3S/c1-13-3-4-16(11-14(13)2)22-20-23-17(12-28-20)19(27)24-8-5-15(6-9-24)18(26)21-7-10-25/h3-4,11-12,15,25H,5-10H2,1-2H3,(H,21,26)(H,22,23). The summed E-state index contributed by atoms with van der Waals surface area (Å²) in [5.74, 6) is -0.249. The Morgan fingerprint density at radius 2 is 2.00 bits per heavy atom. The maximum Gasteiger partial charge on any atom is 0.273 e. The number of nitrogens with zero attached hydrogens (tertiary/aromatic N) is 2. The van der Waals surface area contributed by atoms with Crippen LogP contribution in [0.5, 0.6) is 0 Å². The third kappa shape index (κ3) is 4.88. The fourth-order valence-corrected chi connectivity index (χ4v) is 3.91. The number of carbonyl (C=O) groups is 2. The van der Waals surface area contributed by atoms with Gasteiger partial charge in [0.15, 0.2) is 5.13 Å². The Balaban J connectivity index is 1.56. The number of thiazole rings is 1. The van der Waals surface area contributed by atoms with E-state index in [4.69, 9.17) is 5.11 Å². The van der Waals surface area contributed by atoms with Crippen LogP contribution in [-0.4, -0.2) is 53.0 Å². The van der Waals surface area contributed by atoms with Crippen molar-refractivity contribution in [2.75, 3.05) is 31.6 Å².